The highest BCUT2D eigenvalue weighted by Gasteiger charge is 2.61. The van der Waals surface area contributed by atoms with Crippen LogP contribution in [0.3, 0.4) is 0 Å². The molecule has 0 aliphatic heterocycles. The SMILES string of the molecule is CCC(CC)CCC(C)C(C(=O)O)(C(C)CCC(CC)CC)C(C(=O)O)S(=O)(=O)O.NCCO.NCCO.NCCO. The lowest BCUT2D eigenvalue weighted by Crippen LogP contribution is -2.58. The Morgan fingerprint density at radius 1 is 0.667 bits per heavy atom. The number of hydrogen-bond acceptors (Lipinski definition) is 10. The minimum Gasteiger partial charge on any atom is -0.481 e. The summed E-state index contributed by atoms with van der Waals surface area (Å²) in [6.07, 6.45) is 5.77. The second kappa shape index (κ2) is 28.4. The van der Waals surface area contributed by atoms with E-state index in [4.69, 9.17) is 32.5 Å². The van der Waals surface area contributed by atoms with E-state index < -0.39 is 44.6 Å². The van der Waals surface area contributed by atoms with Gasteiger partial charge in [-0.05, 0) is 36.5 Å². The van der Waals surface area contributed by atoms with Crippen LogP contribution in [0, 0.1) is 29.1 Å². The molecule has 3 atom stereocenters. The van der Waals surface area contributed by atoms with E-state index in [0.29, 0.717) is 57.2 Å². The van der Waals surface area contributed by atoms with E-state index >= 15 is 0 Å². The maximum Gasteiger partial charge on any atom is 0.325 e. The Morgan fingerprint density at radius 3 is 1.07 bits per heavy atom. The molecule has 0 saturated carbocycles. The first kappa shape index (κ1) is 47.5. The van der Waals surface area contributed by atoms with Crippen LogP contribution in [0.4, 0.5) is 0 Å². The van der Waals surface area contributed by atoms with Crippen molar-refractivity contribution in [1.82, 2.24) is 0 Å². The lowest BCUT2D eigenvalue weighted by Gasteiger charge is -2.43. The van der Waals surface area contributed by atoms with E-state index in [9.17, 15) is 32.8 Å². The summed E-state index contributed by atoms with van der Waals surface area (Å²) >= 11 is 0. The lowest BCUT2D eigenvalue weighted by molar-refractivity contribution is -0.164. The van der Waals surface area contributed by atoms with Gasteiger partial charge in [-0.3, -0.25) is 14.1 Å². The molecule has 13 nitrogen and oxygen atoms in total. The molecule has 14 heteroatoms. The van der Waals surface area contributed by atoms with Crippen molar-refractivity contribution in [3.8, 4) is 0 Å². The van der Waals surface area contributed by atoms with E-state index in [1.807, 2.05) is 27.7 Å². The average molecular weight is 634 g/mol. The van der Waals surface area contributed by atoms with Crippen LogP contribution < -0.4 is 17.2 Å². The molecule has 0 aromatic heterocycles. The molecule has 0 aromatic carbocycles. The van der Waals surface area contributed by atoms with E-state index in [1.54, 1.807) is 13.8 Å². The second-order valence-corrected chi connectivity index (χ2v) is 11.8. The van der Waals surface area contributed by atoms with E-state index in [0.717, 1.165) is 25.7 Å². The number of aliphatic carboxylic acids is 2. The van der Waals surface area contributed by atoms with Gasteiger partial charge in [-0.15, -0.1) is 0 Å². The number of rotatable bonds is 19. The van der Waals surface area contributed by atoms with Crippen molar-refractivity contribution in [3.05, 3.63) is 0 Å². The molecule has 0 rings (SSSR count). The molecule has 0 aliphatic rings. The fourth-order valence-corrected chi connectivity index (χ4v) is 6.27. The molecule has 0 amide bonds. The van der Waals surface area contributed by atoms with Gasteiger partial charge in [0.25, 0.3) is 10.1 Å². The highest BCUT2D eigenvalue weighted by molar-refractivity contribution is 7.87. The molecule has 0 aliphatic carbocycles. The highest BCUT2D eigenvalue weighted by Crippen LogP contribution is 2.47. The number of aliphatic hydroxyl groups excluding tert-OH is 3. The first-order valence-corrected chi connectivity index (χ1v) is 16.4. The van der Waals surface area contributed by atoms with Crippen LogP contribution in [0.25, 0.3) is 0 Å². The molecule has 42 heavy (non-hydrogen) atoms. The Kier molecular flexibility index (Phi) is 32.1. The monoisotopic (exact) mass is 633 g/mol. The normalized spacial score (nSPS) is 14.6. The summed E-state index contributed by atoms with van der Waals surface area (Å²) in [5.74, 6) is -4.06. The largest absolute Gasteiger partial charge is 0.481 e. The van der Waals surface area contributed by atoms with Crippen molar-refractivity contribution in [1.29, 1.82) is 0 Å². The van der Waals surface area contributed by atoms with E-state index in [-0.39, 0.29) is 19.8 Å². The summed E-state index contributed by atoms with van der Waals surface area (Å²) in [6.45, 7) is 12.8. The number of carbonyl (C=O) groups is 2. The molecule has 256 valence electrons. The first-order valence-electron chi connectivity index (χ1n) is 14.9. The van der Waals surface area contributed by atoms with Crippen molar-refractivity contribution in [2.75, 3.05) is 39.5 Å². The highest BCUT2D eigenvalue weighted by atomic mass is 32.2. The summed E-state index contributed by atoms with van der Waals surface area (Å²) in [7, 11) is -5.14. The quantitative estimate of drug-likeness (QED) is 0.0921. The fraction of sp³-hybridized carbons (Fsp3) is 0.929. The van der Waals surface area contributed by atoms with E-state index in [1.165, 1.54) is 0 Å². The zero-order chi connectivity index (χ0) is 33.9. The maximum absolute atomic E-state index is 12.6. The van der Waals surface area contributed by atoms with Gasteiger partial charge >= 0.3 is 11.9 Å². The molecule has 12 N–H and O–H groups in total. The third-order valence-corrected chi connectivity index (χ3v) is 8.86. The smallest absolute Gasteiger partial charge is 0.325 e. The van der Waals surface area contributed by atoms with Crippen molar-refractivity contribution in [3.63, 3.8) is 0 Å². The van der Waals surface area contributed by atoms with Gasteiger partial charge in [-0.2, -0.15) is 8.42 Å². The number of hydrogen-bond donors (Lipinski definition) is 9. The van der Waals surface area contributed by atoms with Gasteiger partial charge in [0.05, 0.1) is 19.8 Å². The molecule has 0 spiro atoms. The summed E-state index contributed by atoms with van der Waals surface area (Å²) in [4.78, 5) is 24.6. The number of nitrogens with two attached hydrogens (primary N) is 3. The Labute approximate surface area is 254 Å². The zero-order valence-electron chi connectivity index (χ0n) is 26.7. The van der Waals surface area contributed by atoms with E-state index in [2.05, 4.69) is 0 Å². The molecular weight excluding hydrogens is 570 g/mol. The summed E-state index contributed by atoms with van der Waals surface area (Å²) in [5.41, 5.74) is 12.2. The van der Waals surface area contributed by atoms with Crippen LogP contribution in [0.1, 0.15) is 92.9 Å². The Hall–Kier alpha value is -1.39. The molecule has 0 aromatic rings. The van der Waals surface area contributed by atoms with Crippen LogP contribution in [0.15, 0.2) is 0 Å². The van der Waals surface area contributed by atoms with Gasteiger partial charge in [0.15, 0.2) is 5.25 Å². The minimum absolute atomic E-state index is 0.0972. The van der Waals surface area contributed by atoms with Crippen LogP contribution in [0.5, 0.6) is 0 Å². The molecule has 0 radical (unpaired) electrons. The number of aliphatic hydroxyl groups is 3. The van der Waals surface area contributed by atoms with Crippen molar-refractivity contribution < 1.29 is 48.1 Å². The van der Waals surface area contributed by atoms with Gasteiger partial charge in [0, 0.05) is 19.6 Å². The van der Waals surface area contributed by atoms with Gasteiger partial charge < -0.3 is 42.7 Å². The molecule has 0 saturated heterocycles. The summed E-state index contributed by atoms with van der Waals surface area (Å²) in [5, 5.41) is 40.8. The van der Waals surface area contributed by atoms with Gasteiger partial charge in [0.2, 0.25) is 0 Å². The lowest BCUT2D eigenvalue weighted by atomic mass is 9.62. The average Bonchev–Trinajstić information content (AvgIpc) is 2.95. The van der Waals surface area contributed by atoms with Crippen LogP contribution in [-0.4, -0.2) is 95.1 Å². The van der Waals surface area contributed by atoms with Gasteiger partial charge in [0.1, 0.15) is 5.41 Å². The van der Waals surface area contributed by atoms with Gasteiger partial charge in [-0.25, -0.2) is 0 Å². The van der Waals surface area contributed by atoms with Crippen LogP contribution in [0.2, 0.25) is 0 Å². The van der Waals surface area contributed by atoms with Crippen LogP contribution >= 0.6 is 0 Å². The molecule has 3 unspecified atom stereocenters. The van der Waals surface area contributed by atoms with Crippen LogP contribution in [-0.2, 0) is 19.7 Å². The number of carboxylic acid groups (broad SMARTS) is 2. The van der Waals surface area contributed by atoms with Crippen molar-refractivity contribution >= 4 is 22.1 Å². The maximum atomic E-state index is 12.6. The predicted octanol–water partition coefficient (Wildman–Crippen LogP) is 1.92. The summed E-state index contributed by atoms with van der Waals surface area (Å²) in [6, 6.07) is 0. The second-order valence-electron chi connectivity index (χ2n) is 10.3. The summed E-state index contributed by atoms with van der Waals surface area (Å²) < 4.78 is 34.1. The fourth-order valence-electron chi connectivity index (χ4n) is 4.96. The minimum atomic E-state index is -5.14. The molecule has 0 heterocycles. The Bertz CT molecular complexity index is 711. The zero-order valence-corrected chi connectivity index (χ0v) is 27.6. The third kappa shape index (κ3) is 19.0. The Morgan fingerprint density at radius 2 is 0.929 bits per heavy atom. The number of carboxylic acids is 2. The Balaban J connectivity index is -0.000000504. The standard InChI is InChI=1S/C22H42O7S.3C2H7NO/c1-7-17(8-2)13-11-15(5)22(21(25)26,19(20(23)24)30(27,28)29)16(6)12-14-18(9-3)10-4;3*3-1-2-4/h15-19H,7-14H2,1-6H3,(H,23,24)(H,25,26)(H,27,28,29);3*4H,1-3H2. The molecular formula is C28H63N3O10S. The third-order valence-electron chi connectivity index (χ3n) is 7.67. The predicted molar refractivity (Wildman–Crippen MR) is 166 cm³/mol. The topological polar surface area (TPSA) is 268 Å². The first-order chi connectivity index (χ1) is 19.6. The van der Waals surface area contributed by atoms with Gasteiger partial charge in [-0.1, -0.05) is 80.1 Å². The van der Waals surface area contributed by atoms with Crippen molar-refractivity contribution in [2.24, 2.45) is 46.3 Å². The van der Waals surface area contributed by atoms with Crippen molar-refractivity contribution in [2.45, 2.75) is 98.2 Å². The molecule has 0 bridgehead atoms. The molecule has 0 fully saturated rings.